The number of halogens is 1. The van der Waals surface area contributed by atoms with Crippen LogP contribution in [-0.2, 0) is 6.42 Å². The molecule has 0 unspecified atom stereocenters. The third-order valence-electron chi connectivity index (χ3n) is 3.74. The highest BCUT2D eigenvalue weighted by molar-refractivity contribution is 6.30. The van der Waals surface area contributed by atoms with Gasteiger partial charge in [-0.3, -0.25) is 4.79 Å². The highest BCUT2D eigenvalue weighted by Crippen LogP contribution is 2.24. The van der Waals surface area contributed by atoms with Crippen molar-refractivity contribution in [3.8, 4) is 5.75 Å². The summed E-state index contributed by atoms with van der Waals surface area (Å²) in [5.74, 6) is 0.427. The number of aromatic nitrogens is 1. The highest BCUT2D eigenvalue weighted by Gasteiger charge is 2.12. The van der Waals surface area contributed by atoms with E-state index in [-0.39, 0.29) is 5.91 Å². The molecule has 24 heavy (non-hydrogen) atoms. The fourth-order valence-electron chi connectivity index (χ4n) is 2.49. The van der Waals surface area contributed by atoms with E-state index in [2.05, 4.69) is 10.3 Å². The Morgan fingerprint density at radius 3 is 2.67 bits per heavy atom. The number of hydrogen-bond donors (Lipinski definition) is 1. The van der Waals surface area contributed by atoms with Crippen LogP contribution in [0.2, 0.25) is 5.02 Å². The second kappa shape index (κ2) is 7.32. The Bertz CT molecular complexity index is 863. The Balaban J connectivity index is 1.70. The Hall–Kier alpha value is -2.59. The summed E-state index contributed by atoms with van der Waals surface area (Å²) >= 11 is 5.86. The van der Waals surface area contributed by atoms with E-state index in [1.54, 1.807) is 13.2 Å². The van der Waals surface area contributed by atoms with Gasteiger partial charge in [-0.15, -0.1) is 0 Å². The van der Waals surface area contributed by atoms with Gasteiger partial charge in [-0.2, -0.15) is 0 Å². The van der Waals surface area contributed by atoms with E-state index < -0.39 is 0 Å². The average molecular weight is 341 g/mol. The Morgan fingerprint density at radius 2 is 1.92 bits per heavy atom. The summed E-state index contributed by atoms with van der Waals surface area (Å²) in [6, 6.07) is 16.8. The largest absolute Gasteiger partial charge is 0.496 e. The van der Waals surface area contributed by atoms with E-state index in [4.69, 9.17) is 16.3 Å². The summed E-state index contributed by atoms with van der Waals surface area (Å²) < 4.78 is 5.37. The van der Waals surface area contributed by atoms with Crippen LogP contribution in [0, 0.1) is 0 Å². The summed E-state index contributed by atoms with van der Waals surface area (Å²) in [4.78, 5) is 16.8. The lowest BCUT2D eigenvalue weighted by Gasteiger charge is -2.09. The number of fused-ring (bicyclic) bond motifs is 1. The molecule has 0 bridgehead atoms. The molecule has 3 rings (SSSR count). The van der Waals surface area contributed by atoms with Crippen LogP contribution in [-0.4, -0.2) is 24.5 Å². The summed E-state index contributed by atoms with van der Waals surface area (Å²) in [6.07, 6.45) is 0.730. The van der Waals surface area contributed by atoms with E-state index in [0.717, 1.165) is 22.9 Å². The van der Waals surface area contributed by atoms with Crippen LogP contribution in [0.15, 0.2) is 54.6 Å². The molecule has 0 fully saturated rings. The Labute approximate surface area is 145 Å². The number of pyridine rings is 1. The quantitative estimate of drug-likeness (QED) is 0.767. The zero-order valence-corrected chi connectivity index (χ0v) is 14.0. The monoisotopic (exact) mass is 340 g/mol. The molecular formula is C19H17ClN2O2. The third kappa shape index (κ3) is 3.66. The first-order valence-corrected chi connectivity index (χ1v) is 8.01. The molecule has 0 aliphatic rings. The summed E-state index contributed by atoms with van der Waals surface area (Å²) in [5.41, 5.74) is 2.20. The smallest absolute Gasteiger partial charge is 0.270 e. The normalized spacial score (nSPS) is 10.6. The third-order valence-corrected chi connectivity index (χ3v) is 4.00. The fraction of sp³-hybridized carbons (Fsp3) is 0.158. The standard InChI is InChI=1S/C19H17ClN2O2/c1-24-18-12-17(22-16-5-3-2-4-15(16)18)19(23)21-11-10-13-6-8-14(20)9-7-13/h2-9,12H,10-11H2,1H3,(H,21,23). The van der Waals surface area contributed by atoms with Gasteiger partial charge in [0.1, 0.15) is 11.4 Å². The minimum Gasteiger partial charge on any atom is -0.496 e. The van der Waals surface area contributed by atoms with Crippen LogP contribution in [0.3, 0.4) is 0 Å². The van der Waals surface area contributed by atoms with Crippen LogP contribution in [0.5, 0.6) is 5.75 Å². The molecule has 1 aromatic heterocycles. The number of nitrogens with zero attached hydrogens (tertiary/aromatic N) is 1. The van der Waals surface area contributed by atoms with Crippen LogP contribution >= 0.6 is 11.6 Å². The topological polar surface area (TPSA) is 51.2 Å². The molecule has 0 aliphatic heterocycles. The van der Waals surface area contributed by atoms with Crippen molar-refractivity contribution >= 4 is 28.4 Å². The molecule has 0 atom stereocenters. The lowest BCUT2D eigenvalue weighted by atomic mass is 10.1. The van der Waals surface area contributed by atoms with Gasteiger partial charge >= 0.3 is 0 Å². The van der Waals surface area contributed by atoms with Crippen molar-refractivity contribution in [3.63, 3.8) is 0 Å². The molecule has 4 nitrogen and oxygen atoms in total. The average Bonchev–Trinajstić information content (AvgIpc) is 2.62. The molecule has 0 aliphatic carbocycles. The van der Waals surface area contributed by atoms with Crippen molar-refractivity contribution in [2.75, 3.05) is 13.7 Å². The van der Waals surface area contributed by atoms with E-state index in [9.17, 15) is 4.79 Å². The van der Waals surface area contributed by atoms with Gasteiger partial charge in [0.05, 0.1) is 12.6 Å². The highest BCUT2D eigenvalue weighted by atomic mass is 35.5. The maximum absolute atomic E-state index is 12.4. The molecule has 0 saturated carbocycles. The number of benzene rings is 2. The molecular weight excluding hydrogens is 324 g/mol. The van der Waals surface area contributed by atoms with Gasteiger partial charge in [0.15, 0.2) is 0 Å². The second-order valence-corrected chi connectivity index (χ2v) is 5.80. The second-order valence-electron chi connectivity index (χ2n) is 5.36. The van der Waals surface area contributed by atoms with Crippen LogP contribution in [0.4, 0.5) is 0 Å². The molecule has 2 aromatic carbocycles. The van der Waals surface area contributed by atoms with Crippen LogP contribution in [0.1, 0.15) is 16.1 Å². The molecule has 5 heteroatoms. The van der Waals surface area contributed by atoms with Crippen molar-refractivity contribution in [1.82, 2.24) is 10.3 Å². The van der Waals surface area contributed by atoms with E-state index in [1.165, 1.54) is 0 Å². The Morgan fingerprint density at radius 1 is 1.17 bits per heavy atom. The summed E-state index contributed by atoms with van der Waals surface area (Å²) in [5, 5.41) is 4.48. The number of rotatable bonds is 5. The minimum atomic E-state index is -0.215. The maximum atomic E-state index is 12.4. The lowest BCUT2D eigenvalue weighted by molar-refractivity contribution is 0.0949. The molecule has 1 N–H and O–H groups in total. The van der Waals surface area contributed by atoms with Gasteiger partial charge in [-0.1, -0.05) is 35.9 Å². The molecule has 0 radical (unpaired) electrons. The number of hydrogen-bond acceptors (Lipinski definition) is 3. The first kappa shape index (κ1) is 16.3. The molecule has 0 spiro atoms. The lowest BCUT2D eigenvalue weighted by Crippen LogP contribution is -2.26. The van der Waals surface area contributed by atoms with Gasteiger partial charge in [-0.25, -0.2) is 4.98 Å². The number of carbonyl (C=O) groups is 1. The van der Waals surface area contributed by atoms with Crippen LogP contribution in [0.25, 0.3) is 10.9 Å². The molecule has 1 amide bonds. The van der Waals surface area contributed by atoms with Gasteiger partial charge < -0.3 is 10.1 Å². The molecule has 1 heterocycles. The van der Waals surface area contributed by atoms with Gasteiger partial charge in [0, 0.05) is 23.0 Å². The van der Waals surface area contributed by atoms with Crippen molar-refractivity contribution < 1.29 is 9.53 Å². The number of nitrogens with one attached hydrogen (secondary N) is 1. The van der Waals surface area contributed by atoms with Crippen molar-refractivity contribution in [1.29, 1.82) is 0 Å². The van der Waals surface area contributed by atoms with Gasteiger partial charge in [-0.05, 0) is 36.2 Å². The van der Waals surface area contributed by atoms with Crippen molar-refractivity contribution in [2.24, 2.45) is 0 Å². The zero-order chi connectivity index (χ0) is 16.9. The number of methoxy groups -OCH3 is 1. The summed E-state index contributed by atoms with van der Waals surface area (Å²) in [7, 11) is 1.59. The van der Waals surface area contributed by atoms with E-state index in [0.29, 0.717) is 23.0 Å². The van der Waals surface area contributed by atoms with Crippen molar-refractivity contribution in [2.45, 2.75) is 6.42 Å². The first-order valence-electron chi connectivity index (χ1n) is 7.64. The van der Waals surface area contributed by atoms with Gasteiger partial charge in [0.2, 0.25) is 0 Å². The first-order chi connectivity index (χ1) is 11.7. The van der Waals surface area contributed by atoms with E-state index >= 15 is 0 Å². The molecule has 122 valence electrons. The predicted molar refractivity (Wildman–Crippen MR) is 95.8 cm³/mol. The number of ether oxygens (including phenoxy) is 1. The molecule has 3 aromatic rings. The maximum Gasteiger partial charge on any atom is 0.270 e. The predicted octanol–water partition coefficient (Wildman–Crippen LogP) is 3.87. The number of amides is 1. The van der Waals surface area contributed by atoms with Crippen LogP contribution < -0.4 is 10.1 Å². The van der Waals surface area contributed by atoms with E-state index in [1.807, 2.05) is 48.5 Å². The SMILES string of the molecule is COc1cc(C(=O)NCCc2ccc(Cl)cc2)nc2ccccc12. The summed E-state index contributed by atoms with van der Waals surface area (Å²) in [6.45, 7) is 0.525. The zero-order valence-electron chi connectivity index (χ0n) is 13.3. The Kier molecular flexibility index (Phi) is 4.96. The minimum absolute atomic E-state index is 0.215. The molecule has 0 saturated heterocycles. The van der Waals surface area contributed by atoms with Crippen molar-refractivity contribution in [3.05, 3.63) is 70.9 Å². The number of para-hydroxylation sites is 1. The fourth-order valence-corrected chi connectivity index (χ4v) is 2.62. The number of carbonyl (C=O) groups excluding carboxylic acids is 1. The van der Waals surface area contributed by atoms with Gasteiger partial charge in [0.25, 0.3) is 5.91 Å².